The van der Waals surface area contributed by atoms with E-state index in [1.807, 2.05) is 12.1 Å². The van der Waals surface area contributed by atoms with Crippen LogP contribution in [-0.4, -0.2) is 53.1 Å². The Morgan fingerprint density at radius 1 is 0.171 bits per heavy atom. The van der Waals surface area contributed by atoms with Crippen molar-refractivity contribution in [3.63, 3.8) is 0 Å². The van der Waals surface area contributed by atoms with Gasteiger partial charge in [0.05, 0.1) is 52.9 Å². The average molecular weight is 1980 g/mol. The average Bonchev–Trinajstić information content (AvgIpc) is 0.767. The van der Waals surface area contributed by atoms with Crippen molar-refractivity contribution in [1.82, 2.24) is 0 Å². The van der Waals surface area contributed by atoms with Crippen molar-refractivity contribution in [2.45, 2.75) is 729 Å². The fraction of sp³-hybridized carbons (Fsp3) is 0.908. The summed E-state index contributed by atoms with van der Waals surface area (Å²) in [6, 6.07) is 8.46. The zero-order valence-corrected chi connectivity index (χ0v) is 98.4. The van der Waals surface area contributed by atoms with Crippen LogP contribution in [0.25, 0.3) is 0 Å². The molecule has 2 aromatic carbocycles. The highest BCUT2D eigenvalue weighted by atomic mass is 28.4. The molecule has 0 atom stereocenters. The van der Waals surface area contributed by atoms with Gasteiger partial charge in [-0.05, 0) is 90.5 Å². The molecule has 0 radical (unpaired) electrons. The summed E-state index contributed by atoms with van der Waals surface area (Å²) in [5.41, 5.74) is 3.61. The van der Waals surface area contributed by atoms with Crippen molar-refractivity contribution in [3.8, 4) is 34.5 Å². The second-order valence-electron chi connectivity index (χ2n) is 45.5. The van der Waals surface area contributed by atoms with Gasteiger partial charge >= 0.3 is 0 Å². The van der Waals surface area contributed by atoms with Crippen molar-refractivity contribution >= 4 is 8.32 Å². The molecule has 0 spiro atoms. The lowest BCUT2D eigenvalue weighted by molar-refractivity contribution is 0.230. The van der Waals surface area contributed by atoms with E-state index in [0.717, 1.165) is 97.4 Å². The molecule has 0 amide bonds. The maximum absolute atomic E-state index is 10.2. The number of benzene rings is 2. The van der Waals surface area contributed by atoms with Crippen LogP contribution in [0.5, 0.6) is 34.5 Å². The molecular weight excluding hydrogens is 1730 g/mol. The third kappa shape index (κ3) is 85.2. The molecule has 0 aliphatic carbocycles. The van der Waals surface area contributed by atoms with E-state index in [0.29, 0.717) is 49.7 Å². The van der Waals surface area contributed by atoms with Gasteiger partial charge in [-0.3, -0.25) is 0 Å². The maximum atomic E-state index is 10.2. The van der Waals surface area contributed by atoms with Gasteiger partial charge in [0.25, 0.3) is 0 Å². The number of ether oxygens (including phenoxy) is 6. The molecule has 9 heteroatoms. The molecular formula is C131H252O8Si. The summed E-state index contributed by atoms with van der Waals surface area (Å²) in [5.74, 6) is 4.79. The molecule has 0 aliphatic rings. The third-order valence-electron chi connectivity index (χ3n) is 31.1. The maximum Gasteiger partial charge on any atom is 0.203 e. The van der Waals surface area contributed by atoms with E-state index >= 15 is 0 Å². The van der Waals surface area contributed by atoms with Crippen LogP contribution in [-0.2, 0) is 17.6 Å². The first-order chi connectivity index (χ1) is 69.0. The molecule has 0 saturated heterocycles. The minimum absolute atomic E-state index is 0.0236. The quantitative estimate of drug-likeness (QED) is 0.0518. The highest BCUT2D eigenvalue weighted by Gasteiger charge is 2.45. The summed E-state index contributed by atoms with van der Waals surface area (Å²) in [5, 5.41) is 10.2. The number of hydrogen-bond acceptors (Lipinski definition) is 8. The van der Waals surface area contributed by atoms with Crippen LogP contribution in [0.4, 0.5) is 0 Å². The summed E-state index contributed by atoms with van der Waals surface area (Å²) in [6.45, 7) is 33.0. The zero-order chi connectivity index (χ0) is 101. The van der Waals surface area contributed by atoms with Gasteiger partial charge < -0.3 is 38.0 Å². The topological polar surface area (TPSA) is 84.8 Å². The highest BCUT2D eigenvalue weighted by molar-refractivity contribution is 6.77. The number of rotatable bonds is 115. The Balaban J connectivity index is 0.00000141. The Morgan fingerprint density at radius 2 is 0.293 bits per heavy atom. The van der Waals surface area contributed by atoms with E-state index in [9.17, 15) is 5.11 Å². The van der Waals surface area contributed by atoms with Gasteiger partial charge in [0.15, 0.2) is 23.0 Å². The molecule has 0 saturated carbocycles. The van der Waals surface area contributed by atoms with Crippen molar-refractivity contribution in [2.24, 2.45) is 0 Å². The fourth-order valence-corrected chi connectivity index (χ4v) is 27.3. The predicted octanol–water partition coefficient (Wildman–Crippen LogP) is 46.4. The molecule has 2 rings (SSSR count). The van der Waals surface area contributed by atoms with Crippen LogP contribution in [0, 0.1) is 0 Å². The van der Waals surface area contributed by atoms with Crippen molar-refractivity contribution in [3.05, 3.63) is 35.4 Å². The first kappa shape index (κ1) is 135. The summed E-state index contributed by atoms with van der Waals surface area (Å²) in [7, 11) is -2.06. The molecule has 1 N–H and O–H groups in total. The monoisotopic (exact) mass is 1980 g/mol. The molecule has 0 heterocycles. The lowest BCUT2D eigenvalue weighted by atomic mass is 10.0. The molecule has 0 unspecified atom stereocenters. The van der Waals surface area contributed by atoms with Crippen molar-refractivity contribution in [2.75, 3.05) is 39.6 Å². The molecule has 140 heavy (non-hydrogen) atoms. The van der Waals surface area contributed by atoms with E-state index < -0.39 is 8.32 Å². The van der Waals surface area contributed by atoms with Gasteiger partial charge in [0.1, 0.15) is 0 Å². The minimum atomic E-state index is -2.06. The predicted molar refractivity (Wildman–Crippen MR) is 625 cm³/mol. The van der Waals surface area contributed by atoms with Crippen LogP contribution in [0.3, 0.4) is 0 Å². The van der Waals surface area contributed by atoms with Gasteiger partial charge in [-0.2, -0.15) is 0 Å². The lowest BCUT2D eigenvalue weighted by Crippen LogP contribution is -2.47. The van der Waals surface area contributed by atoms with Crippen molar-refractivity contribution in [1.29, 1.82) is 0 Å². The third-order valence-corrected chi connectivity index (χ3v) is 37.1. The first-order valence-corrected chi connectivity index (χ1v) is 66.5. The van der Waals surface area contributed by atoms with Crippen LogP contribution in [0.2, 0.25) is 16.6 Å². The largest absolute Gasteiger partial charge is 0.490 e. The molecule has 828 valence electrons. The van der Waals surface area contributed by atoms with Crippen LogP contribution in [0.15, 0.2) is 24.3 Å². The first-order valence-electron chi connectivity index (χ1n) is 64.4. The Kier molecular flexibility index (Phi) is 105. The summed E-state index contributed by atoms with van der Waals surface area (Å²) < 4.78 is 47.0. The summed E-state index contributed by atoms with van der Waals surface area (Å²) >= 11 is 0. The summed E-state index contributed by atoms with van der Waals surface area (Å²) in [6.07, 6.45) is 132. The van der Waals surface area contributed by atoms with Gasteiger partial charge in [-0.25, -0.2) is 0 Å². The van der Waals surface area contributed by atoms with Gasteiger partial charge in [0, 0.05) is 0 Å². The molecule has 0 aromatic heterocycles. The van der Waals surface area contributed by atoms with E-state index in [4.69, 9.17) is 32.8 Å². The van der Waals surface area contributed by atoms with Crippen LogP contribution in [0.1, 0.15) is 711 Å². The number of aliphatic hydroxyl groups is 1. The SMILES string of the molecule is CCCCCCCCCCCCCCCCCCOc1cc(CO)cc(OCCCCCCCCCCCCCCCCCC)c1OCCCCCCCCCCCCCCCCCC.CCCCCCCCCCCCCCCCCCOc1cc(CO[Si](C(C)C)(C(C)C)C(C)C)cc(OCCCCCCCCCCCCCCCCCC)c1OCCCCCCCCCCCCCCCCCC. The smallest absolute Gasteiger partial charge is 0.203 e. The second kappa shape index (κ2) is 109. The molecule has 0 aliphatic heterocycles. The van der Waals surface area contributed by atoms with E-state index in [1.165, 1.54) is 578 Å². The van der Waals surface area contributed by atoms with Crippen LogP contribution >= 0.6 is 0 Å². The number of aliphatic hydroxyl groups excluding tert-OH is 1. The lowest BCUT2D eigenvalue weighted by Gasteiger charge is -2.42. The number of unbranched alkanes of at least 4 members (excludes halogenated alkanes) is 90. The van der Waals surface area contributed by atoms with Gasteiger partial charge in [-0.1, -0.05) is 661 Å². The minimum Gasteiger partial charge on any atom is -0.490 e. The van der Waals surface area contributed by atoms with E-state index in [-0.39, 0.29) is 6.61 Å². The standard InChI is InChI=1S/C70H136O4Si.C61H116O4/c1-10-13-16-19-22-25-28-31-34-37-40-43-46-49-52-55-58-71-68-61-67(63-74-75(64(4)5,65(6)7)66(8)9)62-69(72-59-56-53-50-47-44-41-38-35-32-29-26-23-20-17-14-11-2)70(68)73-60-57-54-51-48-45-42-39-36-33-30-27-24-21-18-15-12-3;1-4-7-10-13-16-19-22-25-28-31-34-37-40-43-46-49-52-63-59-55-58(57-62)56-60(64-53-50-47-44-41-38-35-32-29-26-23-20-17-14-11-8-5-2)61(59)65-54-51-48-45-42-39-36-33-30-27-24-21-18-15-12-9-6-3/h61-62,64-66H,10-60,63H2,1-9H3;55-56,62H,4-54,57H2,1-3H3. The molecule has 8 nitrogen and oxygen atoms in total. The Labute approximate surface area is 879 Å². The normalized spacial score (nSPS) is 11.8. The van der Waals surface area contributed by atoms with E-state index in [1.54, 1.807) is 0 Å². The zero-order valence-electron chi connectivity index (χ0n) is 97.4. The summed E-state index contributed by atoms with van der Waals surface area (Å²) in [4.78, 5) is 0. The molecule has 2 aromatic rings. The van der Waals surface area contributed by atoms with Gasteiger partial charge in [-0.15, -0.1) is 0 Å². The second-order valence-corrected chi connectivity index (χ2v) is 51.0. The molecule has 0 bridgehead atoms. The fourth-order valence-electron chi connectivity index (χ4n) is 21.8. The Morgan fingerprint density at radius 3 is 0.421 bits per heavy atom. The van der Waals surface area contributed by atoms with E-state index in [2.05, 4.69) is 95.2 Å². The Hall–Kier alpha value is -2.62. The molecule has 0 fully saturated rings. The highest BCUT2D eigenvalue weighted by Crippen LogP contribution is 2.46. The van der Waals surface area contributed by atoms with Crippen molar-refractivity contribution < 1.29 is 38.0 Å². The van der Waals surface area contributed by atoms with Crippen LogP contribution < -0.4 is 28.4 Å². The van der Waals surface area contributed by atoms with Gasteiger partial charge in [0.2, 0.25) is 19.8 Å². The number of hydrogen-bond donors (Lipinski definition) is 1. The Bertz CT molecular complexity index is 2590.